The zero-order chi connectivity index (χ0) is 14.8. The van der Waals surface area contributed by atoms with Gasteiger partial charge in [0.25, 0.3) is 0 Å². The molecule has 0 amide bonds. The molecular formula is C19H19NO. The molecule has 0 bridgehead atoms. The number of ketones is 1. The Bertz CT molecular complexity index is 769. The monoisotopic (exact) mass is 277 g/mol. The Balaban J connectivity index is 2.22. The first-order valence-electron chi connectivity index (χ1n) is 7.36. The molecule has 0 saturated carbocycles. The summed E-state index contributed by atoms with van der Waals surface area (Å²) >= 11 is 0. The fourth-order valence-corrected chi connectivity index (χ4v) is 2.73. The van der Waals surface area contributed by atoms with Crippen molar-refractivity contribution < 1.29 is 4.79 Å². The summed E-state index contributed by atoms with van der Waals surface area (Å²) in [6.07, 6.45) is 0.571. The number of aromatic amines is 1. The molecule has 106 valence electrons. The molecule has 2 heteroatoms. The standard InChI is InChI=1S/C19H19NO/c1-13(2)12-17(21)18-15-10-6-7-11-16(15)20-19(18)14-8-4-3-5-9-14/h3-11,13,20H,12H2,1-2H3. The average molecular weight is 277 g/mol. The highest BCUT2D eigenvalue weighted by Crippen LogP contribution is 2.31. The molecule has 0 spiro atoms. The molecule has 0 radical (unpaired) electrons. The Labute approximate surface area is 124 Å². The van der Waals surface area contributed by atoms with Crippen LogP contribution in [0.2, 0.25) is 0 Å². The Morgan fingerprint density at radius 1 is 1.00 bits per heavy atom. The SMILES string of the molecule is CC(C)CC(=O)c1c(-c2ccccc2)[nH]c2ccccc12. The van der Waals surface area contributed by atoms with Crippen molar-refractivity contribution in [1.82, 2.24) is 4.98 Å². The van der Waals surface area contributed by atoms with Gasteiger partial charge in [-0.3, -0.25) is 4.79 Å². The number of rotatable bonds is 4. The van der Waals surface area contributed by atoms with Gasteiger partial charge in [0.05, 0.1) is 11.3 Å². The lowest BCUT2D eigenvalue weighted by atomic mass is 9.96. The molecule has 0 aliphatic carbocycles. The van der Waals surface area contributed by atoms with Gasteiger partial charge in [0, 0.05) is 17.3 Å². The average Bonchev–Trinajstić information content (AvgIpc) is 2.87. The van der Waals surface area contributed by atoms with E-state index in [2.05, 4.69) is 18.8 Å². The second kappa shape index (κ2) is 5.57. The van der Waals surface area contributed by atoms with E-state index < -0.39 is 0 Å². The molecule has 0 aliphatic heterocycles. The number of Topliss-reactive ketones (excluding diaryl/α,β-unsaturated/α-hetero) is 1. The highest BCUT2D eigenvalue weighted by molar-refractivity contribution is 6.13. The maximum atomic E-state index is 12.7. The number of aromatic nitrogens is 1. The van der Waals surface area contributed by atoms with Crippen molar-refractivity contribution >= 4 is 16.7 Å². The van der Waals surface area contributed by atoms with Crippen LogP contribution in [0.25, 0.3) is 22.2 Å². The van der Waals surface area contributed by atoms with E-state index in [1.54, 1.807) is 0 Å². The third kappa shape index (κ3) is 2.62. The van der Waals surface area contributed by atoms with Crippen molar-refractivity contribution in [1.29, 1.82) is 0 Å². The summed E-state index contributed by atoms with van der Waals surface area (Å²) in [7, 11) is 0. The van der Waals surface area contributed by atoms with Crippen molar-refractivity contribution in [2.45, 2.75) is 20.3 Å². The molecule has 0 fully saturated rings. The molecule has 1 N–H and O–H groups in total. The summed E-state index contributed by atoms with van der Waals surface area (Å²) in [6.45, 7) is 4.16. The van der Waals surface area contributed by atoms with E-state index in [0.717, 1.165) is 27.7 Å². The first kappa shape index (κ1) is 13.6. The third-order valence-electron chi connectivity index (χ3n) is 3.64. The Kier molecular flexibility index (Phi) is 3.61. The summed E-state index contributed by atoms with van der Waals surface area (Å²) in [4.78, 5) is 16.1. The van der Waals surface area contributed by atoms with Crippen LogP contribution >= 0.6 is 0 Å². The maximum Gasteiger partial charge on any atom is 0.165 e. The molecule has 2 nitrogen and oxygen atoms in total. The molecule has 0 aliphatic rings. The summed E-state index contributed by atoms with van der Waals surface area (Å²) in [6, 6.07) is 18.1. The maximum absolute atomic E-state index is 12.7. The Morgan fingerprint density at radius 2 is 1.67 bits per heavy atom. The number of nitrogens with one attached hydrogen (secondary N) is 1. The van der Waals surface area contributed by atoms with E-state index in [-0.39, 0.29) is 5.78 Å². The number of hydrogen-bond acceptors (Lipinski definition) is 1. The van der Waals surface area contributed by atoms with Crippen LogP contribution in [0.3, 0.4) is 0 Å². The van der Waals surface area contributed by atoms with Crippen molar-refractivity contribution in [3.8, 4) is 11.3 Å². The van der Waals surface area contributed by atoms with E-state index in [1.807, 2.05) is 54.6 Å². The first-order valence-corrected chi connectivity index (χ1v) is 7.36. The highest BCUT2D eigenvalue weighted by atomic mass is 16.1. The van der Waals surface area contributed by atoms with Crippen LogP contribution in [0, 0.1) is 5.92 Å². The summed E-state index contributed by atoms with van der Waals surface area (Å²) in [5.74, 6) is 0.566. The van der Waals surface area contributed by atoms with E-state index in [1.165, 1.54) is 0 Å². The van der Waals surface area contributed by atoms with Crippen LogP contribution in [0.15, 0.2) is 54.6 Å². The quantitative estimate of drug-likeness (QED) is 0.664. The van der Waals surface area contributed by atoms with Gasteiger partial charge in [-0.25, -0.2) is 0 Å². The molecule has 0 unspecified atom stereocenters. The normalized spacial score (nSPS) is 11.2. The van der Waals surface area contributed by atoms with Crippen LogP contribution in [0.5, 0.6) is 0 Å². The zero-order valence-electron chi connectivity index (χ0n) is 12.4. The highest BCUT2D eigenvalue weighted by Gasteiger charge is 2.19. The fourth-order valence-electron chi connectivity index (χ4n) is 2.73. The van der Waals surface area contributed by atoms with Gasteiger partial charge in [-0.05, 0) is 17.5 Å². The van der Waals surface area contributed by atoms with E-state index in [0.29, 0.717) is 12.3 Å². The second-order valence-corrected chi connectivity index (χ2v) is 5.81. The number of benzene rings is 2. The van der Waals surface area contributed by atoms with Crippen LogP contribution in [0.1, 0.15) is 30.6 Å². The third-order valence-corrected chi connectivity index (χ3v) is 3.64. The number of para-hydroxylation sites is 1. The number of fused-ring (bicyclic) bond motifs is 1. The van der Waals surface area contributed by atoms with Crippen molar-refractivity contribution in [3.05, 3.63) is 60.2 Å². The van der Waals surface area contributed by atoms with Gasteiger partial charge in [-0.2, -0.15) is 0 Å². The van der Waals surface area contributed by atoms with Crippen LogP contribution in [0.4, 0.5) is 0 Å². The summed E-state index contributed by atoms with van der Waals surface area (Å²) in [5, 5.41) is 1.02. The van der Waals surface area contributed by atoms with Crippen molar-refractivity contribution in [3.63, 3.8) is 0 Å². The molecule has 1 heterocycles. The van der Waals surface area contributed by atoms with Crippen molar-refractivity contribution in [2.75, 3.05) is 0 Å². The van der Waals surface area contributed by atoms with Gasteiger partial charge in [0.15, 0.2) is 5.78 Å². The number of H-pyrrole nitrogens is 1. The van der Waals surface area contributed by atoms with E-state index in [9.17, 15) is 4.79 Å². The summed E-state index contributed by atoms with van der Waals surface area (Å²) in [5.41, 5.74) is 3.83. The summed E-state index contributed by atoms with van der Waals surface area (Å²) < 4.78 is 0. The van der Waals surface area contributed by atoms with Crippen molar-refractivity contribution in [2.24, 2.45) is 5.92 Å². The lowest BCUT2D eigenvalue weighted by Crippen LogP contribution is -2.04. The molecule has 3 aromatic rings. The molecule has 1 aromatic heterocycles. The van der Waals surface area contributed by atoms with Crippen LogP contribution < -0.4 is 0 Å². The molecule has 0 saturated heterocycles. The fraction of sp³-hybridized carbons (Fsp3) is 0.211. The van der Waals surface area contributed by atoms with Gasteiger partial charge in [-0.1, -0.05) is 62.4 Å². The lowest BCUT2D eigenvalue weighted by Gasteiger charge is -2.06. The van der Waals surface area contributed by atoms with E-state index in [4.69, 9.17) is 0 Å². The predicted octanol–water partition coefficient (Wildman–Crippen LogP) is 5.06. The Hall–Kier alpha value is -2.35. The Morgan fingerprint density at radius 3 is 2.38 bits per heavy atom. The van der Waals surface area contributed by atoms with E-state index >= 15 is 0 Å². The molecule has 3 rings (SSSR count). The lowest BCUT2D eigenvalue weighted by molar-refractivity contribution is 0.0970. The van der Waals surface area contributed by atoms with Gasteiger partial charge < -0.3 is 4.98 Å². The predicted molar refractivity (Wildman–Crippen MR) is 87.5 cm³/mol. The largest absolute Gasteiger partial charge is 0.354 e. The minimum Gasteiger partial charge on any atom is -0.354 e. The molecular weight excluding hydrogens is 258 g/mol. The number of carbonyl (C=O) groups is 1. The zero-order valence-corrected chi connectivity index (χ0v) is 12.4. The molecule has 2 aromatic carbocycles. The van der Waals surface area contributed by atoms with Gasteiger partial charge in [0.1, 0.15) is 0 Å². The molecule has 0 atom stereocenters. The number of hydrogen-bond donors (Lipinski definition) is 1. The minimum atomic E-state index is 0.210. The second-order valence-electron chi connectivity index (χ2n) is 5.81. The van der Waals surface area contributed by atoms with Crippen LogP contribution in [-0.2, 0) is 0 Å². The molecule has 21 heavy (non-hydrogen) atoms. The van der Waals surface area contributed by atoms with Crippen LogP contribution in [-0.4, -0.2) is 10.8 Å². The minimum absolute atomic E-state index is 0.210. The number of carbonyl (C=O) groups excluding carboxylic acids is 1. The van der Waals surface area contributed by atoms with Gasteiger partial charge in [0.2, 0.25) is 0 Å². The smallest absolute Gasteiger partial charge is 0.165 e. The van der Waals surface area contributed by atoms with Gasteiger partial charge in [-0.15, -0.1) is 0 Å². The first-order chi connectivity index (χ1) is 10.2. The topological polar surface area (TPSA) is 32.9 Å². The van der Waals surface area contributed by atoms with Gasteiger partial charge >= 0.3 is 0 Å².